The molecule has 31 heavy (non-hydrogen) atoms. The van der Waals surface area contributed by atoms with Crippen molar-refractivity contribution in [2.24, 2.45) is 0 Å². The molecular formula is C24H28N6O. The lowest BCUT2D eigenvalue weighted by Gasteiger charge is -2.17. The first-order chi connectivity index (χ1) is 15.0. The zero-order valence-electron chi connectivity index (χ0n) is 18.4. The molecule has 4 aromatic rings. The number of nitrogens with one attached hydrogen (secondary N) is 2. The molecule has 0 aliphatic carbocycles. The Morgan fingerprint density at radius 3 is 2.32 bits per heavy atom. The average Bonchev–Trinajstić information content (AvgIpc) is 3.43. The normalized spacial score (nSPS) is 12.4. The Hall–Kier alpha value is -3.48. The number of tetrazole rings is 1. The first kappa shape index (κ1) is 20.8. The zero-order valence-corrected chi connectivity index (χ0v) is 18.4. The molecule has 0 amide bonds. The van der Waals surface area contributed by atoms with Gasteiger partial charge in [0, 0.05) is 17.0 Å². The second-order valence-electron chi connectivity index (χ2n) is 8.26. The number of aromatic amines is 2. The Labute approximate surface area is 181 Å². The lowest BCUT2D eigenvalue weighted by molar-refractivity contribution is 0.616. The van der Waals surface area contributed by atoms with Crippen molar-refractivity contribution in [3.8, 4) is 22.5 Å². The minimum Gasteiger partial charge on any atom is -0.309 e. The Kier molecular flexibility index (Phi) is 5.84. The summed E-state index contributed by atoms with van der Waals surface area (Å²) in [6.07, 6.45) is 0.989. The second-order valence-corrected chi connectivity index (χ2v) is 8.26. The summed E-state index contributed by atoms with van der Waals surface area (Å²) in [5.41, 5.74) is 6.24. The van der Waals surface area contributed by atoms with Crippen molar-refractivity contribution >= 4 is 0 Å². The van der Waals surface area contributed by atoms with Gasteiger partial charge in [-0.25, -0.2) is 4.79 Å². The molecule has 0 aliphatic rings. The third-order valence-electron chi connectivity index (χ3n) is 5.83. The highest BCUT2D eigenvalue weighted by Crippen LogP contribution is 2.30. The minimum absolute atomic E-state index is 0.0365. The molecule has 7 nitrogen and oxygen atoms in total. The van der Waals surface area contributed by atoms with Gasteiger partial charge in [0.25, 0.3) is 0 Å². The van der Waals surface area contributed by atoms with E-state index in [1.54, 1.807) is 0 Å². The van der Waals surface area contributed by atoms with E-state index in [9.17, 15) is 4.79 Å². The standard InChI is InChI=1S/C24H28N6O/c1-5-16(4)22-21(15(2)3)25-24(31)30(22)14-17-10-12-18(13-11-17)19-8-6-7-9-20(19)23-26-28-29-27-23/h6-13,15-16H,5,14H2,1-4H3,(H,25,31)(H,26,27,28,29). The van der Waals surface area contributed by atoms with Gasteiger partial charge in [0.15, 0.2) is 0 Å². The summed E-state index contributed by atoms with van der Waals surface area (Å²) in [6, 6.07) is 16.3. The van der Waals surface area contributed by atoms with Crippen LogP contribution in [0.3, 0.4) is 0 Å². The van der Waals surface area contributed by atoms with Crippen molar-refractivity contribution in [2.75, 3.05) is 0 Å². The van der Waals surface area contributed by atoms with Gasteiger partial charge in [-0.2, -0.15) is 5.21 Å². The predicted molar refractivity (Wildman–Crippen MR) is 122 cm³/mol. The van der Waals surface area contributed by atoms with Gasteiger partial charge in [-0.05, 0) is 40.2 Å². The monoisotopic (exact) mass is 416 g/mol. The van der Waals surface area contributed by atoms with E-state index in [4.69, 9.17) is 0 Å². The SMILES string of the molecule is CCC(C)c1c(C(C)C)[nH]c(=O)n1Cc1ccc(-c2ccccc2-c2nn[nH]n2)cc1. The van der Waals surface area contributed by atoms with Gasteiger partial charge in [0.2, 0.25) is 5.82 Å². The van der Waals surface area contributed by atoms with Crippen molar-refractivity contribution in [1.29, 1.82) is 0 Å². The average molecular weight is 417 g/mol. The van der Waals surface area contributed by atoms with E-state index >= 15 is 0 Å². The number of H-pyrrole nitrogens is 2. The number of benzene rings is 2. The third kappa shape index (κ3) is 4.08. The first-order valence-corrected chi connectivity index (χ1v) is 10.7. The molecule has 2 heterocycles. The summed E-state index contributed by atoms with van der Waals surface area (Å²) < 4.78 is 1.89. The molecule has 0 saturated heterocycles. The van der Waals surface area contributed by atoms with E-state index in [0.29, 0.717) is 18.3 Å². The lowest BCUT2D eigenvalue weighted by atomic mass is 9.97. The van der Waals surface area contributed by atoms with Gasteiger partial charge >= 0.3 is 5.69 Å². The molecule has 0 aliphatic heterocycles. The third-order valence-corrected chi connectivity index (χ3v) is 5.83. The molecule has 4 rings (SSSR count). The highest BCUT2D eigenvalue weighted by molar-refractivity contribution is 5.80. The van der Waals surface area contributed by atoms with Crippen molar-refractivity contribution in [2.45, 2.75) is 52.5 Å². The summed E-state index contributed by atoms with van der Waals surface area (Å²) >= 11 is 0. The predicted octanol–water partition coefficient (Wildman–Crippen LogP) is 4.71. The smallest absolute Gasteiger partial charge is 0.309 e. The number of hydrogen-bond donors (Lipinski definition) is 2. The molecule has 0 saturated carbocycles. The van der Waals surface area contributed by atoms with Gasteiger partial charge in [-0.15, -0.1) is 10.2 Å². The molecule has 2 N–H and O–H groups in total. The van der Waals surface area contributed by atoms with Crippen LogP contribution in [0.4, 0.5) is 0 Å². The van der Waals surface area contributed by atoms with Crippen LogP contribution in [-0.4, -0.2) is 30.2 Å². The van der Waals surface area contributed by atoms with Crippen LogP contribution in [0.5, 0.6) is 0 Å². The number of hydrogen-bond acceptors (Lipinski definition) is 4. The maximum Gasteiger partial charge on any atom is 0.326 e. The maximum absolute atomic E-state index is 12.7. The van der Waals surface area contributed by atoms with Crippen LogP contribution in [-0.2, 0) is 6.54 Å². The lowest BCUT2D eigenvalue weighted by Crippen LogP contribution is -2.20. The Bertz CT molecular complexity index is 1200. The van der Waals surface area contributed by atoms with Crippen LogP contribution in [0.25, 0.3) is 22.5 Å². The molecule has 0 radical (unpaired) electrons. The summed E-state index contributed by atoms with van der Waals surface area (Å²) in [5.74, 6) is 1.16. The van der Waals surface area contributed by atoms with E-state index in [2.05, 4.69) is 77.6 Å². The fourth-order valence-corrected chi connectivity index (χ4v) is 4.00. The highest BCUT2D eigenvalue weighted by atomic mass is 16.1. The van der Waals surface area contributed by atoms with Crippen LogP contribution in [0, 0.1) is 0 Å². The molecule has 0 spiro atoms. The maximum atomic E-state index is 12.7. The summed E-state index contributed by atoms with van der Waals surface area (Å²) in [5, 5.41) is 14.4. The van der Waals surface area contributed by atoms with E-state index in [-0.39, 0.29) is 11.6 Å². The van der Waals surface area contributed by atoms with E-state index in [1.807, 2.05) is 28.8 Å². The van der Waals surface area contributed by atoms with Gasteiger partial charge < -0.3 is 4.98 Å². The van der Waals surface area contributed by atoms with Gasteiger partial charge in [0.05, 0.1) is 6.54 Å². The van der Waals surface area contributed by atoms with Crippen LogP contribution in [0.1, 0.15) is 62.9 Å². The largest absolute Gasteiger partial charge is 0.326 e. The summed E-state index contributed by atoms with van der Waals surface area (Å²) in [7, 11) is 0. The number of aromatic nitrogens is 6. The van der Waals surface area contributed by atoms with Crippen molar-refractivity contribution in [3.63, 3.8) is 0 Å². The first-order valence-electron chi connectivity index (χ1n) is 10.7. The molecule has 2 aromatic carbocycles. The highest BCUT2D eigenvalue weighted by Gasteiger charge is 2.20. The van der Waals surface area contributed by atoms with Crippen LogP contribution < -0.4 is 5.69 Å². The molecule has 0 bridgehead atoms. The topological polar surface area (TPSA) is 92.2 Å². The van der Waals surface area contributed by atoms with Crippen LogP contribution in [0.15, 0.2) is 53.3 Å². The Balaban J connectivity index is 1.67. The van der Waals surface area contributed by atoms with Crippen molar-refractivity contribution in [3.05, 3.63) is 76.0 Å². The minimum atomic E-state index is -0.0365. The molecule has 160 valence electrons. The number of nitrogens with zero attached hydrogens (tertiary/aromatic N) is 4. The Morgan fingerprint density at radius 2 is 1.71 bits per heavy atom. The summed E-state index contributed by atoms with van der Waals surface area (Å²) in [6.45, 7) is 9.14. The van der Waals surface area contributed by atoms with E-state index in [0.717, 1.165) is 40.1 Å². The van der Waals surface area contributed by atoms with E-state index in [1.165, 1.54) is 0 Å². The second kappa shape index (κ2) is 8.71. The molecule has 2 aromatic heterocycles. The molecule has 1 unspecified atom stereocenters. The van der Waals surface area contributed by atoms with Gasteiger partial charge in [-0.3, -0.25) is 4.57 Å². The molecular weight excluding hydrogens is 388 g/mol. The number of rotatable bonds is 7. The van der Waals surface area contributed by atoms with Crippen LogP contribution >= 0.6 is 0 Å². The fourth-order valence-electron chi connectivity index (χ4n) is 4.00. The fraction of sp³-hybridized carbons (Fsp3) is 0.333. The van der Waals surface area contributed by atoms with Crippen molar-refractivity contribution < 1.29 is 0 Å². The number of imidazole rings is 1. The van der Waals surface area contributed by atoms with Crippen molar-refractivity contribution in [1.82, 2.24) is 30.2 Å². The van der Waals surface area contributed by atoms with Crippen LogP contribution in [0.2, 0.25) is 0 Å². The van der Waals surface area contributed by atoms with Gasteiger partial charge in [-0.1, -0.05) is 76.2 Å². The molecule has 0 fully saturated rings. The quantitative estimate of drug-likeness (QED) is 0.456. The Morgan fingerprint density at radius 1 is 1.00 bits per heavy atom. The van der Waals surface area contributed by atoms with Gasteiger partial charge in [0.1, 0.15) is 0 Å². The molecule has 7 heteroatoms. The summed E-state index contributed by atoms with van der Waals surface area (Å²) in [4.78, 5) is 15.8. The molecule has 1 atom stereocenters. The van der Waals surface area contributed by atoms with E-state index < -0.39 is 0 Å². The zero-order chi connectivity index (χ0) is 22.0.